The van der Waals surface area contributed by atoms with Gasteiger partial charge < -0.3 is 14.2 Å². The van der Waals surface area contributed by atoms with Crippen molar-refractivity contribution in [2.24, 2.45) is 0 Å². The number of hydrogen-bond acceptors (Lipinski definition) is 5. The summed E-state index contributed by atoms with van der Waals surface area (Å²) in [6, 6.07) is 10.0. The molecule has 3 rings (SSSR count). The minimum Gasteiger partial charge on any atom is -0.491 e. The van der Waals surface area contributed by atoms with Crippen LogP contribution in [-0.2, 0) is 6.42 Å². The molecular formula is C24H28ClF2NO4. The van der Waals surface area contributed by atoms with E-state index in [9.17, 15) is 13.6 Å². The summed E-state index contributed by atoms with van der Waals surface area (Å²) in [4.78, 5) is 14.0. The lowest BCUT2D eigenvalue weighted by Crippen LogP contribution is -2.57. The molecular weight excluding hydrogens is 440 g/mol. The molecule has 0 aromatic heterocycles. The topological polar surface area (TPSA) is 48.0 Å². The highest BCUT2D eigenvalue weighted by Gasteiger charge is 2.43. The number of methoxy groups -OCH3 is 1. The number of alkyl halides is 2. The number of rotatable bonds is 11. The molecule has 8 heteroatoms. The van der Waals surface area contributed by atoms with Crippen LogP contribution in [0.25, 0.3) is 0 Å². The van der Waals surface area contributed by atoms with Crippen molar-refractivity contribution in [1.29, 1.82) is 0 Å². The zero-order valence-corrected chi connectivity index (χ0v) is 19.3. The smallest absolute Gasteiger partial charge is 0.272 e. The molecule has 5 nitrogen and oxygen atoms in total. The lowest BCUT2D eigenvalue weighted by atomic mass is 10.0. The summed E-state index contributed by atoms with van der Waals surface area (Å²) in [6.07, 6.45) is 1.55. The highest BCUT2D eigenvalue weighted by atomic mass is 35.5. The lowest BCUT2D eigenvalue weighted by molar-refractivity contribution is -0.132. The minimum atomic E-state index is -2.64. The number of Topliss-reactive ketones (excluding diaryl/α,β-unsaturated/α-hetero) is 1. The number of aryl methyl sites for hydroxylation is 1. The standard InChI is InChI=1S/C24H28ClF2NO4/c1-16-19(17(2)29)21(32-13-11-28-14-24(26,27)15-28)23(22(30-3)20(16)25)31-12-7-10-18-8-5-4-6-9-18/h4-6,8-9H,7,10-15H2,1-3H3. The number of hydrogen-bond donors (Lipinski definition) is 0. The summed E-state index contributed by atoms with van der Waals surface area (Å²) in [5, 5.41) is 0.283. The van der Waals surface area contributed by atoms with E-state index >= 15 is 0 Å². The van der Waals surface area contributed by atoms with E-state index in [1.54, 1.807) is 11.8 Å². The number of carbonyl (C=O) groups is 1. The Kier molecular flexibility index (Phi) is 7.96. The zero-order chi connectivity index (χ0) is 23.3. The Morgan fingerprint density at radius 3 is 2.34 bits per heavy atom. The van der Waals surface area contributed by atoms with Gasteiger partial charge >= 0.3 is 0 Å². The monoisotopic (exact) mass is 467 g/mol. The van der Waals surface area contributed by atoms with Gasteiger partial charge in [0, 0.05) is 6.54 Å². The molecule has 0 aliphatic carbocycles. The minimum absolute atomic E-state index is 0.126. The number of ether oxygens (including phenoxy) is 3. The maximum absolute atomic E-state index is 13.1. The Labute approximate surface area is 192 Å². The number of halogens is 3. The first-order chi connectivity index (χ1) is 15.2. The van der Waals surface area contributed by atoms with Crippen molar-refractivity contribution in [3.63, 3.8) is 0 Å². The highest BCUT2D eigenvalue weighted by molar-refractivity contribution is 6.34. The molecule has 0 radical (unpaired) electrons. The average molecular weight is 468 g/mol. The van der Waals surface area contributed by atoms with Crippen LogP contribution >= 0.6 is 11.6 Å². The fraction of sp³-hybridized carbons (Fsp3) is 0.458. The summed E-state index contributed by atoms with van der Waals surface area (Å²) < 4.78 is 43.6. The van der Waals surface area contributed by atoms with Gasteiger partial charge in [0.1, 0.15) is 6.61 Å². The van der Waals surface area contributed by atoms with Crippen LogP contribution in [0.4, 0.5) is 8.78 Å². The lowest BCUT2D eigenvalue weighted by Gasteiger charge is -2.38. The van der Waals surface area contributed by atoms with Crippen molar-refractivity contribution in [2.45, 2.75) is 32.6 Å². The van der Waals surface area contributed by atoms with E-state index in [2.05, 4.69) is 0 Å². The maximum Gasteiger partial charge on any atom is 0.272 e. The number of nitrogens with zero attached hydrogens (tertiary/aromatic N) is 1. The molecule has 1 aliphatic rings. The van der Waals surface area contributed by atoms with Crippen molar-refractivity contribution in [2.75, 3.05) is 40.0 Å². The Hall–Kier alpha value is -2.38. The quantitative estimate of drug-likeness (QED) is 0.336. The predicted octanol–water partition coefficient (Wildman–Crippen LogP) is 5.20. The second kappa shape index (κ2) is 10.5. The van der Waals surface area contributed by atoms with Gasteiger partial charge in [-0.05, 0) is 37.8 Å². The van der Waals surface area contributed by atoms with E-state index in [0.29, 0.717) is 30.0 Å². The second-order valence-corrected chi connectivity index (χ2v) is 8.29. The molecule has 2 aromatic rings. The van der Waals surface area contributed by atoms with Crippen molar-refractivity contribution in [3.8, 4) is 17.2 Å². The molecule has 0 bridgehead atoms. The molecule has 1 aliphatic heterocycles. The van der Waals surface area contributed by atoms with Crippen LogP contribution in [0.2, 0.25) is 5.02 Å². The van der Waals surface area contributed by atoms with E-state index in [1.165, 1.54) is 19.6 Å². The van der Waals surface area contributed by atoms with Gasteiger partial charge in [-0.1, -0.05) is 41.9 Å². The summed E-state index contributed by atoms with van der Waals surface area (Å²) in [5.41, 5.74) is 2.03. The van der Waals surface area contributed by atoms with Crippen LogP contribution in [0, 0.1) is 6.92 Å². The van der Waals surface area contributed by atoms with Crippen LogP contribution in [-0.4, -0.2) is 56.6 Å². The van der Waals surface area contributed by atoms with Gasteiger partial charge in [0.05, 0.1) is 37.4 Å². The number of benzene rings is 2. The molecule has 1 heterocycles. The molecule has 0 N–H and O–H groups in total. The fourth-order valence-corrected chi connectivity index (χ4v) is 4.04. The van der Waals surface area contributed by atoms with Gasteiger partial charge in [0.2, 0.25) is 5.75 Å². The molecule has 0 atom stereocenters. The van der Waals surface area contributed by atoms with Gasteiger partial charge in [0.15, 0.2) is 17.3 Å². The van der Waals surface area contributed by atoms with Gasteiger partial charge in [-0.25, -0.2) is 8.78 Å². The molecule has 2 aromatic carbocycles. The molecule has 0 spiro atoms. The fourth-order valence-electron chi connectivity index (χ4n) is 3.78. The van der Waals surface area contributed by atoms with E-state index in [1.807, 2.05) is 30.3 Å². The van der Waals surface area contributed by atoms with Crippen molar-refractivity contribution in [1.82, 2.24) is 4.90 Å². The van der Waals surface area contributed by atoms with Crippen molar-refractivity contribution in [3.05, 3.63) is 52.0 Å². The second-order valence-electron chi connectivity index (χ2n) is 7.91. The number of ketones is 1. The normalized spacial score (nSPS) is 15.2. The Morgan fingerprint density at radius 2 is 1.75 bits per heavy atom. The maximum atomic E-state index is 13.1. The molecule has 0 saturated carbocycles. The average Bonchev–Trinajstić information content (AvgIpc) is 2.73. The Bertz CT molecular complexity index is 945. The summed E-state index contributed by atoms with van der Waals surface area (Å²) in [5.74, 6) is -2.08. The van der Waals surface area contributed by atoms with Gasteiger partial charge in [-0.3, -0.25) is 9.69 Å². The van der Waals surface area contributed by atoms with Gasteiger partial charge in [-0.2, -0.15) is 0 Å². The third kappa shape index (κ3) is 5.70. The van der Waals surface area contributed by atoms with Crippen LogP contribution in [0.5, 0.6) is 17.2 Å². The van der Waals surface area contributed by atoms with Crippen LogP contribution in [0.1, 0.15) is 34.8 Å². The van der Waals surface area contributed by atoms with Gasteiger partial charge in [-0.15, -0.1) is 0 Å². The molecule has 32 heavy (non-hydrogen) atoms. The van der Waals surface area contributed by atoms with E-state index in [0.717, 1.165) is 12.8 Å². The first-order valence-corrected chi connectivity index (χ1v) is 10.9. The number of carbonyl (C=O) groups excluding carboxylic acids is 1. The number of likely N-dealkylation sites (tertiary alicyclic amines) is 1. The Balaban J connectivity index is 1.77. The van der Waals surface area contributed by atoms with Crippen molar-refractivity contribution < 1.29 is 27.8 Å². The summed E-state index contributed by atoms with van der Waals surface area (Å²) >= 11 is 6.47. The first-order valence-electron chi connectivity index (χ1n) is 10.5. The van der Waals surface area contributed by atoms with Crippen LogP contribution in [0.15, 0.2) is 30.3 Å². The molecule has 1 saturated heterocycles. The van der Waals surface area contributed by atoms with E-state index in [4.69, 9.17) is 25.8 Å². The van der Waals surface area contributed by atoms with Crippen LogP contribution in [0.3, 0.4) is 0 Å². The summed E-state index contributed by atoms with van der Waals surface area (Å²) in [7, 11) is 1.47. The molecule has 1 fully saturated rings. The predicted molar refractivity (Wildman–Crippen MR) is 120 cm³/mol. The van der Waals surface area contributed by atoms with E-state index in [-0.39, 0.29) is 42.0 Å². The van der Waals surface area contributed by atoms with E-state index < -0.39 is 5.92 Å². The van der Waals surface area contributed by atoms with Gasteiger partial charge in [0.25, 0.3) is 5.92 Å². The van der Waals surface area contributed by atoms with Crippen LogP contribution < -0.4 is 14.2 Å². The third-order valence-electron chi connectivity index (χ3n) is 5.36. The highest BCUT2D eigenvalue weighted by Crippen LogP contribution is 2.48. The van der Waals surface area contributed by atoms with Crippen molar-refractivity contribution >= 4 is 17.4 Å². The SMILES string of the molecule is COc1c(Cl)c(C)c(C(C)=O)c(OCCN2CC(F)(F)C2)c1OCCCc1ccccc1. The molecule has 0 unspecified atom stereocenters. The molecule has 0 amide bonds. The third-order valence-corrected chi connectivity index (χ3v) is 5.82. The first kappa shape index (κ1) is 24.3. The largest absolute Gasteiger partial charge is 0.491 e. The zero-order valence-electron chi connectivity index (χ0n) is 18.6. The molecule has 174 valence electrons. The Morgan fingerprint density at radius 1 is 1.09 bits per heavy atom. The summed E-state index contributed by atoms with van der Waals surface area (Å²) in [6.45, 7) is 3.35.